The van der Waals surface area contributed by atoms with E-state index in [0.717, 1.165) is 19.3 Å². The Bertz CT molecular complexity index is 258. The summed E-state index contributed by atoms with van der Waals surface area (Å²) < 4.78 is 26.1. The molecule has 0 saturated heterocycles. The van der Waals surface area contributed by atoms with Crippen molar-refractivity contribution < 1.29 is 8.78 Å². The predicted octanol–water partition coefficient (Wildman–Crippen LogP) is 5.36. The second kappa shape index (κ2) is 6.32. The lowest BCUT2D eigenvalue weighted by molar-refractivity contribution is -0.0503. The molecule has 0 N–H and O–H groups in total. The highest BCUT2D eigenvalue weighted by atomic mass is 19.3. The van der Waals surface area contributed by atoms with Crippen molar-refractivity contribution >= 4 is 0 Å². The van der Waals surface area contributed by atoms with E-state index in [1.807, 2.05) is 6.08 Å². The minimum Gasteiger partial charge on any atom is -0.207 e. The fraction of sp³-hybridized carbons (Fsp3) is 0.733. The van der Waals surface area contributed by atoms with Crippen LogP contribution in [0, 0.1) is 11.8 Å². The third-order valence-electron chi connectivity index (χ3n) is 4.00. The molecule has 0 heterocycles. The Hall–Kier alpha value is -0.660. The molecule has 0 nitrogen and oxygen atoms in total. The van der Waals surface area contributed by atoms with Crippen molar-refractivity contribution in [3.63, 3.8) is 0 Å². The molecule has 1 fully saturated rings. The molecule has 1 atom stereocenters. The van der Waals surface area contributed by atoms with Crippen LogP contribution < -0.4 is 0 Å². The molecule has 0 aromatic rings. The fourth-order valence-electron chi connectivity index (χ4n) is 2.58. The van der Waals surface area contributed by atoms with E-state index in [-0.39, 0.29) is 12.8 Å². The molecule has 0 aromatic carbocycles. The van der Waals surface area contributed by atoms with E-state index in [4.69, 9.17) is 0 Å². The quantitative estimate of drug-likeness (QED) is 0.550. The first-order chi connectivity index (χ1) is 7.98. The maximum absolute atomic E-state index is 13.1. The lowest BCUT2D eigenvalue weighted by Crippen LogP contribution is -2.28. The number of hydrogen-bond donors (Lipinski definition) is 0. The minimum absolute atomic E-state index is 0.0523. The lowest BCUT2D eigenvalue weighted by Gasteiger charge is -2.32. The molecule has 17 heavy (non-hydrogen) atoms. The van der Waals surface area contributed by atoms with Crippen molar-refractivity contribution in [2.75, 3.05) is 0 Å². The summed E-state index contributed by atoms with van der Waals surface area (Å²) in [6.07, 6.45) is 6.37. The number of rotatable bonds is 6. The van der Waals surface area contributed by atoms with E-state index >= 15 is 0 Å². The number of allylic oxidation sites excluding steroid dienone is 2. The first-order valence-electron chi connectivity index (χ1n) is 6.65. The molecule has 1 rings (SSSR count). The van der Waals surface area contributed by atoms with Gasteiger partial charge in [0.15, 0.2) is 0 Å². The van der Waals surface area contributed by atoms with E-state index in [1.165, 1.54) is 5.57 Å². The average molecular weight is 242 g/mol. The van der Waals surface area contributed by atoms with Crippen LogP contribution in [0.25, 0.3) is 0 Å². The van der Waals surface area contributed by atoms with Crippen LogP contribution in [0.3, 0.4) is 0 Å². The van der Waals surface area contributed by atoms with Gasteiger partial charge in [-0.25, -0.2) is 8.78 Å². The van der Waals surface area contributed by atoms with Gasteiger partial charge in [0.1, 0.15) is 0 Å². The highest BCUT2D eigenvalue weighted by Crippen LogP contribution is 2.40. The number of alkyl halides is 2. The molecule has 0 aliphatic heterocycles. The normalized spacial score (nSPS) is 22.1. The van der Waals surface area contributed by atoms with Crippen LogP contribution in [-0.4, -0.2) is 5.92 Å². The summed E-state index contributed by atoms with van der Waals surface area (Å²) in [6.45, 7) is 9.96. The molecular formula is C15H24F2. The van der Waals surface area contributed by atoms with Gasteiger partial charge in [-0.2, -0.15) is 0 Å². The monoisotopic (exact) mass is 242 g/mol. The molecular weight excluding hydrogens is 218 g/mol. The van der Waals surface area contributed by atoms with Crippen LogP contribution in [0.4, 0.5) is 8.78 Å². The van der Waals surface area contributed by atoms with Gasteiger partial charge in [-0.1, -0.05) is 25.2 Å². The van der Waals surface area contributed by atoms with E-state index in [9.17, 15) is 8.78 Å². The zero-order valence-electron chi connectivity index (χ0n) is 10.9. The van der Waals surface area contributed by atoms with Crippen molar-refractivity contribution in [3.8, 4) is 0 Å². The molecule has 1 saturated carbocycles. The van der Waals surface area contributed by atoms with Gasteiger partial charge in [-0.15, -0.1) is 6.58 Å². The number of halogens is 2. The van der Waals surface area contributed by atoms with Crippen molar-refractivity contribution in [3.05, 3.63) is 24.8 Å². The van der Waals surface area contributed by atoms with Crippen molar-refractivity contribution in [2.24, 2.45) is 11.8 Å². The standard InChI is InChI=1S/C15H24F2/c1-4-12(3)6-7-13(5-2)14-8-10-15(16,17)11-9-14/h5,13-14H,2-4,6-11H2,1H3/t13-/m0/s1. The van der Waals surface area contributed by atoms with Gasteiger partial charge in [-0.05, 0) is 43.9 Å². The second-order valence-corrected chi connectivity index (χ2v) is 5.24. The van der Waals surface area contributed by atoms with Crippen LogP contribution in [0.1, 0.15) is 51.9 Å². The summed E-state index contributed by atoms with van der Waals surface area (Å²) in [5.74, 6) is -1.64. The van der Waals surface area contributed by atoms with E-state index in [2.05, 4.69) is 20.1 Å². The van der Waals surface area contributed by atoms with Crippen LogP contribution >= 0.6 is 0 Å². The van der Waals surface area contributed by atoms with Gasteiger partial charge in [0, 0.05) is 12.8 Å². The summed E-state index contributed by atoms with van der Waals surface area (Å²) in [5, 5.41) is 0. The topological polar surface area (TPSA) is 0 Å². The molecule has 0 bridgehead atoms. The smallest absolute Gasteiger partial charge is 0.207 e. The van der Waals surface area contributed by atoms with Gasteiger partial charge in [0.25, 0.3) is 0 Å². The first kappa shape index (κ1) is 14.4. The molecule has 1 aliphatic carbocycles. The fourth-order valence-corrected chi connectivity index (χ4v) is 2.58. The largest absolute Gasteiger partial charge is 0.248 e. The number of hydrogen-bond acceptors (Lipinski definition) is 0. The Morgan fingerprint density at radius 1 is 1.41 bits per heavy atom. The highest BCUT2D eigenvalue weighted by Gasteiger charge is 2.36. The van der Waals surface area contributed by atoms with Crippen LogP contribution in [-0.2, 0) is 0 Å². The average Bonchev–Trinajstić information content (AvgIpc) is 2.31. The maximum atomic E-state index is 13.1. The van der Waals surface area contributed by atoms with Crippen molar-refractivity contribution in [2.45, 2.75) is 57.8 Å². The summed E-state index contributed by atoms with van der Waals surface area (Å²) >= 11 is 0. The Balaban J connectivity index is 2.41. The lowest BCUT2D eigenvalue weighted by atomic mass is 9.76. The Morgan fingerprint density at radius 3 is 2.47 bits per heavy atom. The van der Waals surface area contributed by atoms with Crippen molar-refractivity contribution in [1.82, 2.24) is 0 Å². The predicted molar refractivity (Wildman–Crippen MR) is 69.3 cm³/mol. The van der Waals surface area contributed by atoms with E-state index in [1.54, 1.807) is 0 Å². The summed E-state index contributed by atoms with van der Waals surface area (Å²) in [5.41, 5.74) is 1.25. The molecule has 0 unspecified atom stereocenters. The molecule has 1 aliphatic rings. The highest BCUT2D eigenvalue weighted by molar-refractivity contribution is 4.96. The summed E-state index contributed by atoms with van der Waals surface area (Å²) in [7, 11) is 0. The van der Waals surface area contributed by atoms with Gasteiger partial charge in [0.05, 0.1) is 0 Å². The molecule has 2 heteroatoms. The third-order valence-corrected chi connectivity index (χ3v) is 4.00. The van der Waals surface area contributed by atoms with Gasteiger partial charge in [0.2, 0.25) is 5.92 Å². The Kier molecular flexibility index (Phi) is 5.35. The molecule has 98 valence electrons. The first-order valence-corrected chi connectivity index (χ1v) is 6.65. The zero-order chi connectivity index (χ0) is 12.9. The molecule has 0 radical (unpaired) electrons. The molecule has 0 spiro atoms. The Labute approximate surface area is 104 Å². The van der Waals surface area contributed by atoms with Crippen LogP contribution in [0.2, 0.25) is 0 Å². The van der Waals surface area contributed by atoms with E-state index in [0.29, 0.717) is 24.7 Å². The minimum atomic E-state index is -2.42. The summed E-state index contributed by atoms with van der Waals surface area (Å²) in [6, 6.07) is 0. The SMILES string of the molecule is C=C[C@@H](CCC(=C)CC)C1CCC(F)(F)CC1. The second-order valence-electron chi connectivity index (χ2n) is 5.24. The van der Waals surface area contributed by atoms with Crippen LogP contribution in [0.15, 0.2) is 24.8 Å². The molecule has 0 amide bonds. The van der Waals surface area contributed by atoms with E-state index < -0.39 is 5.92 Å². The van der Waals surface area contributed by atoms with Gasteiger partial charge >= 0.3 is 0 Å². The van der Waals surface area contributed by atoms with Gasteiger partial charge < -0.3 is 0 Å². The molecule has 0 aromatic heterocycles. The third kappa shape index (κ3) is 4.61. The maximum Gasteiger partial charge on any atom is 0.248 e. The van der Waals surface area contributed by atoms with Crippen molar-refractivity contribution in [1.29, 1.82) is 0 Å². The van der Waals surface area contributed by atoms with Crippen LogP contribution in [0.5, 0.6) is 0 Å². The zero-order valence-corrected chi connectivity index (χ0v) is 10.9. The van der Waals surface area contributed by atoms with Gasteiger partial charge in [-0.3, -0.25) is 0 Å². The Morgan fingerprint density at radius 2 is 2.00 bits per heavy atom. The summed E-state index contributed by atoms with van der Waals surface area (Å²) in [4.78, 5) is 0.